The van der Waals surface area contributed by atoms with Crippen LogP contribution in [0.5, 0.6) is 11.5 Å². The van der Waals surface area contributed by atoms with Crippen molar-refractivity contribution in [3.63, 3.8) is 0 Å². The molecule has 2 fully saturated rings. The second-order valence-corrected chi connectivity index (χ2v) is 13.6. The molecule has 3 aromatic carbocycles. The zero-order valence-corrected chi connectivity index (χ0v) is 27.7. The number of benzene rings is 3. The van der Waals surface area contributed by atoms with E-state index in [4.69, 9.17) is 30.5 Å². The predicted molar refractivity (Wildman–Crippen MR) is 180 cm³/mol. The number of carbonyl (C=O) groups is 2. The highest BCUT2D eigenvalue weighted by Gasteiger charge is 2.23. The molecule has 3 aromatic rings. The van der Waals surface area contributed by atoms with Gasteiger partial charge in [-0.3, -0.25) is 9.59 Å². The molecule has 0 radical (unpaired) electrons. The highest BCUT2D eigenvalue weighted by molar-refractivity contribution is 6.31. The van der Waals surface area contributed by atoms with Crippen molar-refractivity contribution in [2.24, 2.45) is 11.8 Å². The molecule has 0 spiro atoms. The maximum atomic E-state index is 12.7. The highest BCUT2D eigenvalue weighted by Crippen LogP contribution is 2.44. The van der Waals surface area contributed by atoms with E-state index < -0.39 is 12.2 Å². The Hall–Kier alpha value is -2.99. The molecule has 0 N–H and O–H groups in total. The second kappa shape index (κ2) is 16.5. The van der Waals surface area contributed by atoms with E-state index in [0.717, 1.165) is 34.4 Å². The third-order valence-corrected chi connectivity index (χ3v) is 9.70. The summed E-state index contributed by atoms with van der Waals surface area (Å²) in [5, 5.41) is 3.89. The molecule has 7 heteroatoms. The molecule has 244 valence electrons. The van der Waals surface area contributed by atoms with E-state index >= 15 is 0 Å². The lowest BCUT2D eigenvalue weighted by Gasteiger charge is -2.23. The van der Waals surface area contributed by atoms with Gasteiger partial charge in [0.1, 0.15) is 23.7 Å². The molecule has 6 nitrogen and oxygen atoms in total. The molecule has 0 bridgehead atoms. The van der Waals surface area contributed by atoms with Gasteiger partial charge in [0.2, 0.25) is 0 Å². The molecule has 2 saturated carbocycles. The minimum absolute atomic E-state index is 0.152. The fourth-order valence-corrected chi connectivity index (χ4v) is 7.20. The maximum absolute atomic E-state index is 12.7. The van der Waals surface area contributed by atoms with Gasteiger partial charge >= 0.3 is 11.9 Å². The van der Waals surface area contributed by atoms with E-state index in [1.165, 1.54) is 64.2 Å². The summed E-state index contributed by atoms with van der Waals surface area (Å²) in [6, 6.07) is 13.5. The van der Waals surface area contributed by atoms with Gasteiger partial charge in [-0.15, -0.1) is 0 Å². The predicted octanol–water partition coefficient (Wildman–Crippen LogP) is 9.99. The summed E-state index contributed by atoms with van der Waals surface area (Å²) in [6.07, 6.45) is 14.1. The summed E-state index contributed by atoms with van der Waals surface area (Å²) < 4.78 is 24.2. The van der Waals surface area contributed by atoms with Crippen LogP contribution >= 0.6 is 11.6 Å². The molecule has 0 aromatic heterocycles. The molecular weight excluding hydrogens is 588 g/mol. The third kappa shape index (κ3) is 9.51. The van der Waals surface area contributed by atoms with Crippen molar-refractivity contribution in [3.05, 3.63) is 47.5 Å². The Morgan fingerprint density at radius 1 is 0.667 bits per heavy atom. The van der Waals surface area contributed by atoms with Crippen molar-refractivity contribution in [2.45, 2.75) is 116 Å². The van der Waals surface area contributed by atoms with Crippen LogP contribution in [0.3, 0.4) is 0 Å². The van der Waals surface area contributed by atoms with Crippen LogP contribution in [-0.2, 0) is 19.1 Å². The maximum Gasteiger partial charge on any atom is 0.309 e. The quantitative estimate of drug-likeness (QED) is 0.130. The van der Waals surface area contributed by atoms with Crippen molar-refractivity contribution in [1.82, 2.24) is 0 Å². The highest BCUT2D eigenvalue weighted by atomic mass is 35.5. The SMILES string of the molecule is CC(CC(=O)OCCC1CCCCC1)Oc1c2ccccc2c(OC(C)CC(=O)OCCC2CCCCC2)c2cc(Cl)ccc12. The van der Waals surface area contributed by atoms with Crippen LogP contribution in [0.4, 0.5) is 0 Å². The van der Waals surface area contributed by atoms with E-state index in [1.807, 2.05) is 56.3 Å². The fourth-order valence-electron chi connectivity index (χ4n) is 7.03. The van der Waals surface area contributed by atoms with Crippen LogP contribution in [-0.4, -0.2) is 37.4 Å². The Morgan fingerprint density at radius 2 is 1.11 bits per heavy atom. The van der Waals surface area contributed by atoms with Gasteiger partial charge in [-0.25, -0.2) is 0 Å². The molecule has 2 unspecified atom stereocenters. The smallest absolute Gasteiger partial charge is 0.309 e. The summed E-state index contributed by atoms with van der Waals surface area (Å²) in [5.41, 5.74) is 0. The van der Waals surface area contributed by atoms with Gasteiger partial charge in [0.05, 0.1) is 26.1 Å². The minimum atomic E-state index is -0.410. The van der Waals surface area contributed by atoms with Gasteiger partial charge in [-0.1, -0.05) is 100 Å². The van der Waals surface area contributed by atoms with E-state index in [2.05, 4.69) is 0 Å². The van der Waals surface area contributed by atoms with Crippen molar-refractivity contribution in [3.8, 4) is 11.5 Å². The first-order valence-electron chi connectivity index (χ1n) is 17.2. The Labute approximate surface area is 273 Å². The molecule has 5 rings (SSSR count). The molecule has 0 aliphatic heterocycles. The van der Waals surface area contributed by atoms with Crippen LogP contribution < -0.4 is 9.47 Å². The molecule has 2 aliphatic carbocycles. The lowest BCUT2D eigenvalue weighted by molar-refractivity contribution is -0.146. The van der Waals surface area contributed by atoms with Crippen molar-refractivity contribution >= 4 is 45.1 Å². The number of esters is 2. The van der Waals surface area contributed by atoms with E-state index in [0.29, 0.717) is 41.6 Å². The minimum Gasteiger partial charge on any atom is -0.489 e. The monoisotopic (exact) mass is 636 g/mol. The average Bonchev–Trinajstić information content (AvgIpc) is 3.03. The lowest BCUT2D eigenvalue weighted by atomic mass is 9.87. The van der Waals surface area contributed by atoms with Crippen molar-refractivity contribution < 1.29 is 28.5 Å². The molecule has 0 heterocycles. The van der Waals surface area contributed by atoms with Gasteiger partial charge in [0.15, 0.2) is 0 Å². The van der Waals surface area contributed by atoms with E-state index in [9.17, 15) is 9.59 Å². The van der Waals surface area contributed by atoms with Crippen molar-refractivity contribution in [1.29, 1.82) is 0 Å². The number of rotatable bonds is 14. The third-order valence-electron chi connectivity index (χ3n) is 9.46. The van der Waals surface area contributed by atoms with Gasteiger partial charge < -0.3 is 18.9 Å². The first-order chi connectivity index (χ1) is 21.9. The average molecular weight is 637 g/mol. The van der Waals surface area contributed by atoms with Crippen molar-refractivity contribution in [2.75, 3.05) is 13.2 Å². The van der Waals surface area contributed by atoms with Gasteiger partial charge in [0.25, 0.3) is 0 Å². The van der Waals surface area contributed by atoms with Crippen LogP contribution in [0.1, 0.15) is 104 Å². The molecule has 2 aliphatic rings. The molecule has 45 heavy (non-hydrogen) atoms. The zero-order valence-electron chi connectivity index (χ0n) is 27.0. The lowest BCUT2D eigenvalue weighted by Crippen LogP contribution is -2.21. The summed E-state index contributed by atoms with van der Waals surface area (Å²) in [4.78, 5) is 25.4. The second-order valence-electron chi connectivity index (χ2n) is 13.2. The van der Waals surface area contributed by atoms with Crippen LogP contribution in [0, 0.1) is 11.8 Å². The Balaban J connectivity index is 1.25. The summed E-state index contributed by atoms with van der Waals surface area (Å²) in [6.45, 7) is 4.72. The fraction of sp³-hybridized carbons (Fsp3) is 0.579. The van der Waals surface area contributed by atoms with Gasteiger partial charge in [0, 0.05) is 26.6 Å². The number of hydrogen-bond acceptors (Lipinski definition) is 6. The van der Waals surface area contributed by atoms with Gasteiger partial charge in [-0.05, 0) is 56.7 Å². The number of carbonyl (C=O) groups excluding carboxylic acids is 2. The molecule has 0 amide bonds. The number of halogens is 1. The number of hydrogen-bond donors (Lipinski definition) is 0. The van der Waals surface area contributed by atoms with Crippen LogP contribution in [0.2, 0.25) is 5.02 Å². The normalized spacial score (nSPS) is 17.6. The van der Waals surface area contributed by atoms with Crippen LogP contribution in [0.25, 0.3) is 21.5 Å². The topological polar surface area (TPSA) is 71.1 Å². The van der Waals surface area contributed by atoms with Gasteiger partial charge in [-0.2, -0.15) is 0 Å². The molecule has 2 atom stereocenters. The molecule has 0 saturated heterocycles. The Morgan fingerprint density at radius 3 is 1.60 bits per heavy atom. The Kier molecular flexibility index (Phi) is 12.3. The summed E-state index contributed by atoms with van der Waals surface area (Å²) >= 11 is 6.48. The summed E-state index contributed by atoms with van der Waals surface area (Å²) in [5.74, 6) is 2.17. The standard InChI is InChI=1S/C38H49ClO6/c1-26(23-35(40)42-21-19-28-11-5-3-6-12-28)44-37-31-15-9-10-16-32(31)38(34-25-30(39)17-18-33(34)37)45-27(2)24-36(41)43-22-20-29-13-7-4-8-14-29/h9-10,15-18,25-29H,3-8,11-14,19-24H2,1-2H3. The van der Waals surface area contributed by atoms with E-state index in [-0.39, 0.29) is 24.8 Å². The van der Waals surface area contributed by atoms with E-state index in [1.54, 1.807) is 0 Å². The van der Waals surface area contributed by atoms with Crippen LogP contribution in [0.15, 0.2) is 42.5 Å². The Bertz CT molecular complexity index is 1420. The largest absolute Gasteiger partial charge is 0.489 e. The summed E-state index contributed by atoms with van der Waals surface area (Å²) in [7, 11) is 0. The number of ether oxygens (including phenoxy) is 4. The first-order valence-corrected chi connectivity index (χ1v) is 17.5. The number of fused-ring (bicyclic) bond motifs is 2. The first kappa shape index (κ1) is 33.4. The molecular formula is C38H49ClO6. The zero-order chi connectivity index (χ0) is 31.6.